The molecule has 1 saturated heterocycles. The van der Waals surface area contributed by atoms with Gasteiger partial charge in [-0.05, 0) is 41.1 Å². The Bertz CT molecular complexity index is 941. The van der Waals surface area contributed by atoms with E-state index in [2.05, 4.69) is 4.98 Å². The second-order valence-corrected chi connectivity index (χ2v) is 7.10. The molecule has 2 heterocycles. The molecule has 1 unspecified atom stereocenters. The van der Waals surface area contributed by atoms with Gasteiger partial charge in [-0.15, -0.1) is 0 Å². The van der Waals surface area contributed by atoms with Crippen molar-refractivity contribution in [1.82, 2.24) is 9.55 Å². The minimum atomic E-state index is -1.40. The van der Waals surface area contributed by atoms with Crippen LogP contribution in [0.1, 0.15) is 28.6 Å². The number of carbonyl (C=O) groups is 1. The Morgan fingerprint density at radius 3 is 2.88 bits per heavy atom. The number of aromatic nitrogens is 2. The normalized spacial score (nSPS) is 22.3. The van der Waals surface area contributed by atoms with Crippen molar-refractivity contribution in [3.05, 3.63) is 66.0 Å². The third kappa shape index (κ3) is 3.88. The fourth-order valence-corrected chi connectivity index (χ4v) is 3.16. The number of nitrogens with one attached hydrogen (secondary N) is 1. The van der Waals surface area contributed by atoms with E-state index < -0.39 is 35.7 Å². The number of H-pyrrole nitrogens is 1. The van der Waals surface area contributed by atoms with Gasteiger partial charge in [0.2, 0.25) is 0 Å². The zero-order chi connectivity index (χ0) is 18.8. The number of alkyl halides is 1. The lowest BCUT2D eigenvalue weighted by molar-refractivity contribution is -0.0440. The van der Waals surface area contributed by atoms with Gasteiger partial charge >= 0.3 is 11.7 Å². The van der Waals surface area contributed by atoms with Crippen LogP contribution in [0, 0.1) is 10.5 Å². The Hall–Kier alpha value is -2.01. The lowest BCUT2D eigenvalue weighted by Crippen LogP contribution is -2.33. The SMILES string of the molecule is Cc1ccccc1C(=O)OC[C@@H]1O[C@H](n2cc(I)c(=O)[nH]c2=O)CC1F. The first-order valence-electron chi connectivity index (χ1n) is 7.90. The van der Waals surface area contributed by atoms with E-state index in [1.807, 2.05) is 0 Å². The smallest absolute Gasteiger partial charge is 0.338 e. The molecular weight excluding hydrogens is 458 g/mol. The van der Waals surface area contributed by atoms with Crippen molar-refractivity contribution < 1.29 is 18.7 Å². The molecule has 3 rings (SSSR count). The number of esters is 1. The first-order valence-corrected chi connectivity index (χ1v) is 8.98. The summed E-state index contributed by atoms with van der Waals surface area (Å²) in [6.07, 6.45) is -2.01. The van der Waals surface area contributed by atoms with Crippen molar-refractivity contribution >= 4 is 28.6 Å². The van der Waals surface area contributed by atoms with E-state index in [1.165, 1.54) is 6.20 Å². The van der Waals surface area contributed by atoms with E-state index in [0.29, 0.717) is 5.56 Å². The minimum Gasteiger partial charge on any atom is -0.459 e. The molecule has 7 nitrogen and oxygen atoms in total. The van der Waals surface area contributed by atoms with E-state index in [1.54, 1.807) is 53.8 Å². The molecule has 1 N–H and O–H groups in total. The predicted octanol–water partition coefficient (Wildman–Crippen LogP) is 1.93. The van der Waals surface area contributed by atoms with Gasteiger partial charge in [0.25, 0.3) is 5.56 Å². The number of benzene rings is 1. The minimum absolute atomic E-state index is 0.0748. The van der Waals surface area contributed by atoms with Crippen LogP contribution in [-0.2, 0) is 9.47 Å². The van der Waals surface area contributed by atoms with Crippen LogP contribution in [0.25, 0.3) is 0 Å². The number of aromatic amines is 1. The highest BCUT2D eigenvalue weighted by atomic mass is 127. The summed E-state index contributed by atoms with van der Waals surface area (Å²) in [5.74, 6) is -0.557. The number of rotatable bonds is 4. The fourth-order valence-electron chi connectivity index (χ4n) is 2.72. The molecule has 0 spiro atoms. The lowest BCUT2D eigenvalue weighted by Gasteiger charge is -2.16. The molecule has 1 aromatic carbocycles. The van der Waals surface area contributed by atoms with Crippen LogP contribution in [0.15, 0.2) is 40.1 Å². The first-order chi connectivity index (χ1) is 12.4. The molecule has 0 aliphatic carbocycles. The number of aryl methyl sites for hydroxylation is 1. The van der Waals surface area contributed by atoms with Gasteiger partial charge in [0.05, 0.1) is 9.13 Å². The van der Waals surface area contributed by atoms with Crippen molar-refractivity contribution in [3.63, 3.8) is 0 Å². The molecule has 0 saturated carbocycles. The van der Waals surface area contributed by atoms with Crippen LogP contribution in [-0.4, -0.2) is 34.4 Å². The van der Waals surface area contributed by atoms with Crippen molar-refractivity contribution in [3.8, 4) is 0 Å². The average molecular weight is 474 g/mol. The number of hydrogen-bond acceptors (Lipinski definition) is 5. The molecule has 0 amide bonds. The molecule has 0 bridgehead atoms. The summed E-state index contributed by atoms with van der Waals surface area (Å²) >= 11 is 1.78. The zero-order valence-corrected chi connectivity index (χ0v) is 15.9. The molecule has 26 heavy (non-hydrogen) atoms. The van der Waals surface area contributed by atoms with Gasteiger partial charge in [0.15, 0.2) is 0 Å². The molecule has 1 aliphatic rings. The Kier molecular flexibility index (Phi) is 5.56. The van der Waals surface area contributed by atoms with Crippen molar-refractivity contribution in [2.24, 2.45) is 0 Å². The van der Waals surface area contributed by atoms with E-state index in [9.17, 15) is 18.8 Å². The number of carbonyl (C=O) groups excluding carboxylic acids is 1. The highest BCUT2D eigenvalue weighted by molar-refractivity contribution is 14.1. The topological polar surface area (TPSA) is 90.4 Å². The summed E-state index contributed by atoms with van der Waals surface area (Å²) in [7, 11) is 0. The summed E-state index contributed by atoms with van der Waals surface area (Å²) in [6, 6.07) is 6.93. The summed E-state index contributed by atoms with van der Waals surface area (Å²) in [6.45, 7) is 1.51. The lowest BCUT2D eigenvalue weighted by atomic mass is 10.1. The van der Waals surface area contributed by atoms with E-state index in [4.69, 9.17) is 9.47 Å². The predicted molar refractivity (Wildman–Crippen MR) is 98.9 cm³/mol. The van der Waals surface area contributed by atoms with Gasteiger partial charge in [0.1, 0.15) is 25.1 Å². The second-order valence-electron chi connectivity index (χ2n) is 5.94. The fraction of sp³-hybridized carbons (Fsp3) is 0.353. The monoisotopic (exact) mass is 474 g/mol. The molecule has 138 valence electrons. The van der Waals surface area contributed by atoms with Crippen LogP contribution in [0.4, 0.5) is 4.39 Å². The second kappa shape index (κ2) is 7.70. The van der Waals surface area contributed by atoms with Gasteiger partial charge < -0.3 is 9.47 Å². The third-order valence-corrected chi connectivity index (χ3v) is 4.91. The molecule has 1 aliphatic heterocycles. The third-order valence-electron chi connectivity index (χ3n) is 4.14. The Morgan fingerprint density at radius 2 is 2.15 bits per heavy atom. The maximum Gasteiger partial charge on any atom is 0.338 e. The molecule has 0 radical (unpaired) electrons. The number of ether oxygens (including phenoxy) is 2. The van der Waals surface area contributed by atoms with Crippen molar-refractivity contribution in [2.75, 3.05) is 6.61 Å². The Morgan fingerprint density at radius 1 is 1.42 bits per heavy atom. The number of hydrogen-bond donors (Lipinski definition) is 1. The van der Waals surface area contributed by atoms with Crippen LogP contribution in [0.3, 0.4) is 0 Å². The molecule has 1 fully saturated rings. The van der Waals surface area contributed by atoms with Gasteiger partial charge in [0, 0.05) is 12.6 Å². The molecule has 1 aromatic heterocycles. The van der Waals surface area contributed by atoms with E-state index in [-0.39, 0.29) is 16.6 Å². The summed E-state index contributed by atoms with van der Waals surface area (Å²) in [5, 5.41) is 0. The van der Waals surface area contributed by atoms with Gasteiger partial charge in [-0.25, -0.2) is 14.0 Å². The highest BCUT2D eigenvalue weighted by Gasteiger charge is 2.38. The summed E-state index contributed by atoms with van der Waals surface area (Å²) < 4.78 is 26.4. The number of nitrogens with zero attached hydrogens (tertiary/aromatic N) is 1. The zero-order valence-electron chi connectivity index (χ0n) is 13.8. The summed E-state index contributed by atoms with van der Waals surface area (Å²) in [5.41, 5.74) is -0.0201. The highest BCUT2D eigenvalue weighted by Crippen LogP contribution is 2.30. The molecular formula is C17H16FIN2O5. The maximum atomic E-state index is 14.3. The standard InChI is InChI=1S/C17H16FIN2O5/c1-9-4-2-3-5-10(9)16(23)25-8-13-11(18)6-14(26-13)21-7-12(19)15(22)20-17(21)24/h2-5,7,11,13-14H,6,8H2,1H3,(H,20,22,24)/t11?,13-,14-/m0/s1. The van der Waals surface area contributed by atoms with Gasteiger partial charge in [-0.2, -0.15) is 0 Å². The Labute approximate surface area is 161 Å². The molecule has 2 aromatic rings. The van der Waals surface area contributed by atoms with Crippen molar-refractivity contribution in [1.29, 1.82) is 0 Å². The maximum absolute atomic E-state index is 14.3. The van der Waals surface area contributed by atoms with Crippen LogP contribution >= 0.6 is 22.6 Å². The van der Waals surface area contributed by atoms with E-state index in [0.717, 1.165) is 10.1 Å². The Balaban J connectivity index is 1.67. The van der Waals surface area contributed by atoms with Crippen LogP contribution in [0.2, 0.25) is 0 Å². The molecule has 3 atom stereocenters. The van der Waals surface area contributed by atoms with Gasteiger partial charge in [-0.3, -0.25) is 14.3 Å². The number of halogens is 2. The molecule has 9 heteroatoms. The van der Waals surface area contributed by atoms with Crippen molar-refractivity contribution in [2.45, 2.75) is 31.8 Å². The average Bonchev–Trinajstić information content (AvgIpc) is 2.97. The van der Waals surface area contributed by atoms with E-state index >= 15 is 0 Å². The summed E-state index contributed by atoms with van der Waals surface area (Å²) in [4.78, 5) is 37.6. The van der Waals surface area contributed by atoms with Crippen LogP contribution < -0.4 is 11.2 Å². The van der Waals surface area contributed by atoms with Crippen LogP contribution in [0.5, 0.6) is 0 Å². The largest absolute Gasteiger partial charge is 0.459 e. The first kappa shape index (κ1) is 18.8. The quantitative estimate of drug-likeness (QED) is 0.541. The van der Waals surface area contributed by atoms with Gasteiger partial charge in [-0.1, -0.05) is 18.2 Å².